The van der Waals surface area contributed by atoms with Gasteiger partial charge in [-0.05, 0) is 67.2 Å². The number of rotatable bonds is 31. The molecule has 0 aliphatic heterocycles. The molecule has 0 saturated carbocycles. The fourth-order valence-corrected chi connectivity index (χ4v) is 9.30. The molecular formula is C64H85ClF2N8O23Y5. The van der Waals surface area contributed by atoms with Crippen molar-refractivity contribution < 1.29 is 281 Å². The van der Waals surface area contributed by atoms with Crippen LogP contribution in [0.15, 0.2) is 55.0 Å². The van der Waals surface area contributed by atoms with Crippen molar-refractivity contribution in [3.8, 4) is 46.7 Å². The number of carbonyl (C=O) groups is 5. The SMILES string of the molecule is C#CC(C)O.COCCC(CC(=O)OC)c1noc(-c2cc(C(C)(F)F)on2)c1C.COCCC(CC(=O)OC)c1noc(-c2cc(C(C)=O)on2)c1C.COCCC(CC(=O)OC)c1noc(-c2cc(C(C)O)on2)c1C.COCCC(CC(=O)OC)c1noc(/C(Cl)=N/O)c1C.[Y].[Y].[Y].[Y].[Y]. The van der Waals surface area contributed by atoms with Crippen LogP contribution in [0.1, 0.15) is 182 Å². The Morgan fingerprint density at radius 1 is 0.524 bits per heavy atom. The van der Waals surface area contributed by atoms with Crippen molar-refractivity contribution in [1.29, 1.82) is 0 Å². The zero-order valence-electron chi connectivity index (χ0n) is 60.4. The van der Waals surface area contributed by atoms with Gasteiger partial charge in [-0.15, -0.1) is 6.42 Å². The summed E-state index contributed by atoms with van der Waals surface area (Å²) < 4.78 is 102. The molecule has 31 nitrogen and oxygen atoms in total. The number of carbonyl (C=O) groups excluding carboxylic acids is 5. The molecule has 7 heterocycles. The molecule has 7 aromatic rings. The second-order valence-electron chi connectivity index (χ2n) is 21.7. The monoisotopic (exact) mass is 1850 g/mol. The van der Waals surface area contributed by atoms with Crippen molar-refractivity contribution in [3.05, 3.63) is 86.3 Å². The predicted molar refractivity (Wildman–Crippen MR) is 340 cm³/mol. The number of alkyl halides is 2. The fourth-order valence-electron chi connectivity index (χ4n) is 9.12. The van der Waals surface area contributed by atoms with E-state index < -0.39 is 23.9 Å². The molecule has 0 aliphatic carbocycles. The average Bonchev–Trinajstić information content (AvgIpc) is 1.68. The van der Waals surface area contributed by atoms with Gasteiger partial charge < -0.3 is 85.0 Å². The van der Waals surface area contributed by atoms with Crippen LogP contribution in [-0.4, -0.2) is 176 Å². The predicted octanol–water partition coefficient (Wildman–Crippen LogP) is 10.4. The summed E-state index contributed by atoms with van der Waals surface area (Å²) in [4.78, 5) is 57.7. The van der Waals surface area contributed by atoms with Crippen LogP contribution >= 0.6 is 11.6 Å². The third-order valence-electron chi connectivity index (χ3n) is 14.6. The first-order valence-corrected chi connectivity index (χ1v) is 30.5. The van der Waals surface area contributed by atoms with Crippen molar-refractivity contribution in [1.82, 2.24) is 36.1 Å². The molecule has 0 amide bonds. The molecule has 7 aromatic heterocycles. The van der Waals surface area contributed by atoms with Crippen molar-refractivity contribution in [2.45, 2.75) is 149 Å². The summed E-state index contributed by atoms with van der Waals surface area (Å²) in [5.74, 6) is -2.39. The molecule has 0 aromatic carbocycles. The number of methoxy groups -OCH3 is 8. The van der Waals surface area contributed by atoms with Gasteiger partial charge in [0.25, 0.3) is 0 Å². The molecule has 6 unspecified atom stereocenters. The number of hydrogen-bond acceptors (Lipinski definition) is 31. The van der Waals surface area contributed by atoms with Crippen LogP contribution in [0.2, 0.25) is 0 Å². The van der Waals surface area contributed by atoms with Crippen molar-refractivity contribution in [3.63, 3.8) is 0 Å². The molecular weight excluding hydrogens is 1770 g/mol. The molecule has 0 aliphatic rings. The molecule has 7 rings (SSSR count). The summed E-state index contributed by atoms with van der Waals surface area (Å²) in [7, 11) is 11.6. The van der Waals surface area contributed by atoms with Gasteiger partial charge >= 0.3 is 29.8 Å². The number of hydrogen-bond donors (Lipinski definition) is 3. The Morgan fingerprint density at radius 3 is 1.11 bits per heavy atom. The number of halogens is 3. The number of nitrogens with zero attached hydrogens (tertiary/aromatic N) is 8. The van der Waals surface area contributed by atoms with Gasteiger partial charge in [-0.1, -0.05) is 58.8 Å². The largest absolute Gasteiger partial charge is 0.469 e. The summed E-state index contributed by atoms with van der Waals surface area (Å²) in [6.45, 7) is 14.2. The zero-order chi connectivity index (χ0) is 73.4. The van der Waals surface area contributed by atoms with E-state index >= 15 is 0 Å². The Bertz CT molecular complexity index is 3690. The Labute approximate surface area is 725 Å². The summed E-state index contributed by atoms with van der Waals surface area (Å²) in [6, 6.07) is 4.22. The molecule has 0 fully saturated rings. The number of aliphatic hydroxyl groups is 2. The number of aliphatic hydroxyl groups excluding tert-OH is 2. The number of Topliss-reactive ketones (excluding diaryl/α,β-unsaturated/α-hetero) is 1. The van der Waals surface area contributed by atoms with E-state index in [1.165, 1.54) is 41.4 Å². The number of oxime groups is 1. The molecule has 0 saturated heterocycles. The van der Waals surface area contributed by atoms with E-state index in [0.29, 0.717) is 122 Å². The number of ketones is 1. The van der Waals surface area contributed by atoms with Gasteiger partial charge in [0.15, 0.2) is 45.9 Å². The maximum atomic E-state index is 13.3. The number of ether oxygens (including phenoxy) is 8. The van der Waals surface area contributed by atoms with Crippen LogP contribution in [0.3, 0.4) is 0 Å². The topological polar surface area (TPSA) is 414 Å². The van der Waals surface area contributed by atoms with Crippen LogP contribution in [0.4, 0.5) is 8.78 Å². The van der Waals surface area contributed by atoms with E-state index in [-0.39, 0.29) is 271 Å². The third kappa shape index (κ3) is 33.5. The second-order valence-corrected chi connectivity index (χ2v) is 22.1. The van der Waals surface area contributed by atoms with E-state index in [9.17, 15) is 37.9 Å². The third-order valence-corrected chi connectivity index (χ3v) is 14.8. The summed E-state index contributed by atoms with van der Waals surface area (Å²) >= 11 is 5.70. The van der Waals surface area contributed by atoms with E-state index in [4.69, 9.17) is 82.2 Å². The molecule has 3 N–H and O–H groups in total. The smallest absolute Gasteiger partial charge is 0.306 e. The van der Waals surface area contributed by atoms with Crippen LogP contribution in [0.25, 0.3) is 34.4 Å². The molecule has 6 atom stereocenters. The molecule has 555 valence electrons. The van der Waals surface area contributed by atoms with Gasteiger partial charge in [0.2, 0.25) is 22.5 Å². The first-order valence-electron chi connectivity index (χ1n) is 30.1. The van der Waals surface area contributed by atoms with Crippen LogP contribution in [0, 0.1) is 40.0 Å². The molecule has 103 heavy (non-hydrogen) atoms. The minimum Gasteiger partial charge on any atom is -0.469 e. The Morgan fingerprint density at radius 2 is 0.835 bits per heavy atom. The van der Waals surface area contributed by atoms with Crippen molar-refractivity contribution >= 4 is 46.4 Å². The van der Waals surface area contributed by atoms with Gasteiger partial charge in [0.05, 0.1) is 76.9 Å². The van der Waals surface area contributed by atoms with Gasteiger partial charge in [-0.3, -0.25) is 24.0 Å². The Hall–Kier alpha value is -3.52. The first kappa shape index (κ1) is 104. The molecule has 39 heteroatoms. The van der Waals surface area contributed by atoms with Gasteiger partial charge in [0, 0.05) is 296 Å². The summed E-state index contributed by atoms with van der Waals surface area (Å²) in [5, 5.41) is 56.4. The van der Waals surface area contributed by atoms with Crippen molar-refractivity contribution in [2.75, 3.05) is 83.3 Å². The maximum Gasteiger partial charge on any atom is 0.306 e. The van der Waals surface area contributed by atoms with Crippen LogP contribution < -0.4 is 0 Å². The summed E-state index contributed by atoms with van der Waals surface area (Å²) in [6.07, 6.45) is 6.23. The standard InChI is InChI=1S/C16H20F2N2O5.C16H22N2O6.C16H20N2O6.C12H17ClN2O5.C4H6O.5Y/c1-9-14(10(5-6-22-3)7-13(21)23-4)20-25-15(9)11-8-12(24-19-11)16(2,17)18;2*1-9-15(11(5-6-21-3)7-14(20)22-4)18-24-16(9)12-8-13(10(2)19)23-17-12;1-7-10(15-20-11(7)12(13)14-17)8(4-5-18-2)6-9(16)19-3;1-3-4(2)5;;;;;/h8,10H,5-7H2,1-4H3;8,10-11,19H,5-7H2,1-4H3;8,11H,5-7H2,1-4H3;8,17H,4-6H2,1-3H3;1,4-5H,2H3;;;;;/b;;;14-12-;;;;;;. The minimum absolute atomic E-state index is 0. The Balaban J connectivity index is -0.00000125. The number of esters is 4. The zero-order valence-corrected chi connectivity index (χ0v) is 75.3. The van der Waals surface area contributed by atoms with Gasteiger partial charge in [0.1, 0.15) is 12.2 Å². The van der Waals surface area contributed by atoms with E-state index in [2.05, 4.69) is 62.9 Å². The van der Waals surface area contributed by atoms with E-state index in [1.54, 1.807) is 62.2 Å². The normalized spacial score (nSPS) is 12.4. The van der Waals surface area contributed by atoms with E-state index in [0.717, 1.165) is 17.2 Å². The Kier molecular flexibility index (Phi) is 54.5. The number of aromatic nitrogens is 7. The van der Waals surface area contributed by atoms with Crippen LogP contribution in [0.5, 0.6) is 0 Å². The average molecular weight is 1850 g/mol. The quantitative estimate of drug-likeness (QED) is 0.00691. The van der Waals surface area contributed by atoms with Gasteiger partial charge in [-0.25, -0.2) is 0 Å². The van der Waals surface area contributed by atoms with Crippen LogP contribution in [-0.2, 0) is 227 Å². The number of terminal acetylenes is 1. The second kappa shape index (κ2) is 54.1. The summed E-state index contributed by atoms with van der Waals surface area (Å²) in [5.41, 5.74) is 6.10. The minimum atomic E-state index is -3.14. The fraction of sp³-hybridized carbons (Fsp3) is 0.547. The maximum absolute atomic E-state index is 13.3. The molecule has 0 spiro atoms. The van der Waals surface area contributed by atoms with E-state index in [1.807, 2.05) is 13.8 Å². The molecule has 5 radical (unpaired) electrons. The molecule has 0 bridgehead atoms. The van der Waals surface area contributed by atoms with Crippen molar-refractivity contribution in [2.24, 2.45) is 5.16 Å². The van der Waals surface area contributed by atoms with Gasteiger partial charge in [-0.2, -0.15) is 8.78 Å². The first-order chi connectivity index (χ1) is 46.5.